The molecule has 2 aromatic rings. The Kier molecular flexibility index (Phi) is 4.12. The maximum atomic E-state index is 12.4. The molecule has 1 aliphatic rings. The Morgan fingerprint density at radius 2 is 2.14 bits per heavy atom. The van der Waals surface area contributed by atoms with Gasteiger partial charge in [0.25, 0.3) is 5.91 Å². The number of aliphatic imine (C=N–C) groups is 1. The molecule has 106 valence electrons. The Balaban J connectivity index is 1.92. The van der Waals surface area contributed by atoms with E-state index in [2.05, 4.69) is 15.0 Å². The molecule has 1 amide bonds. The van der Waals surface area contributed by atoms with Crippen molar-refractivity contribution >= 4 is 45.4 Å². The van der Waals surface area contributed by atoms with E-state index in [4.69, 9.17) is 0 Å². The van der Waals surface area contributed by atoms with E-state index in [1.165, 1.54) is 23.1 Å². The molecule has 1 aliphatic heterocycles. The number of nitrogens with zero attached hydrogens (tertiary/aromatic N) is 4. The molecule has 0 bridgehead atoms. The Morgan fingerprint density at radius 3 is 2.81 bits per heavy atom. The van der Waals surface area contributed by atoms with Crippen LogP contribution in [0.25, 0.3) is 6.08 Å². The summed E-state index contributed by atoms with van der Waals surface area (Å²) in [6.07, 6.45) is 6.98. The number of hydrogen-bond acceptors (Lipinski definition) is 6. The molecule has 1 fully saturated rings. The average molecular weight is 316 g/mol. The van der Waals surface area contributed by atoms with Gasteiger partial charge in [-0.2, -0.15) is 4.99 Å². The van der Waals surface area contributed by atoms with Gasteiger partial charge in [-0.3, -0.25) is 14.7 Å². The lowest BCUT2D eigenvalue weighted by molar-refractivity contribution is -0.122. The first-order valence-corrected chi connectivity index (χ1v) is 8.07. The van der Waals surface area contributed by atoms with Crippen LogP contribution in [0.15, 0.2) is 46.0 Å². The molecular formula is C14H12N4OS2. The molecule has 0 aromatic carbocycles. The minimum absolute atomic E-state index is 0.0189. The van der Waals surface area contributed by atoms with Crippen LogP contribution < -0.4 is 0 Å². The molecule has 3 rings (SSSR count). The fourth-order valence-corrected chi connectivity index (χ4v) is 3.44. The van der Waals surface area contributed by atoms with E-state index >= 15 is 0 Å². The van der Waals surface area contributed by atoms with Crippen molar-refractivity contribution in [2.24, 2.45) is 4.99 Å². The normalized spacial score (nSPS) is 18.9. The van der Waals surface area contributed by atoms with Gasteiger partial charge in [-0.05, 0) is 42.5 Å². The highest BCUT2D eigenvalue weighted by Crippen LogP contribution is 2.34. The maximum Gasteiger partial charge on any atom is 0.266 e. The van der Waals surface area contributed by atoms with Gasteiger partial charge >= 0.3 is 0 Å². The summed E-state index contributed by atoms with van der Waals surface area (Å²) in [5, 5.41) is 3.21. The number of pyridine rings is 1. The highest BCUT2D eigenvalue weighted by Gasteiger charge is 2.32. The molecule has 0 aliphatic carbocycles. The minimum Gasteiger partial charge on any atom is -0.287 e. The van der Waals surface area contributed by atoms with Gasteiger partial charge < -0.3 is 0 Å². The number of thiazole rings is 1. The standard InChI is InChI=1S/C14H12N4OS2/c1-2-18-12(19)11(9-10-3-5-15-6-4-10)21-14(18)17-13-16-7-8-20-13/h3-9H,2H2,1H3/b11-9-,17-14+. The van der Waals surface area contributed by atoms with Crippen molar-refractivity contribution in [2.75, 3.05) is 6.54 Å². The number of carbonyl (C=O) groups excluding carboxylic acids is 1. The molecule has 0 N–H and O–H groups in total. The van der Waals surface area contributed by atoms with Crippen LogP contribution >= 0.6 is 23.1 Å². The van der Waals surface area contributed by atoms with Gasteiger partial charge in [-0.25, -0.2) is 4.98 Å². The number of aromatic nitrogens is 2. The fraction of sp³-hybridized carbons (Fsp3) is 0.143. The largest absolute Gasteiger partial charge is 0.287 e. The summed E-state index contributed by atoms with van der Waals surface area (Å²) in [6, 6.07) is 3.74. The van der Waals surface area contributed by atoms with Crippen LogP contribution in [0.4, 0.5) is 5.13 Å². The lowest BCUT2D eigenvalue weighted by Crippen LogP contribution is -2.28. The second-order valence-electron chi connectivity index (χ2n) is 4.15. The van der Waals surface area contributed by atoms with Crippen molar-refractivity contribution in [3.05, 3.63) is 46.6 Å². The van der Waals surface area contributed by atoms with Crippen molar-refractivity contribution < 1.29 is 4.79 Å². The second kappa shape index (κ2) is 6.19. The van der Waals surface area contributed by atoms with E-state index in [0.29, 0.717) is 21.7 Å². The van der Waals surface area contributed by atoms with Crippen LogP contribution in [-0.4, -0.2) is 32.5 Å². The first-order valence-electron chi connectivity index (χ1n) is 6.37. The minimum atomic E-state index is -0.0189. The van der Waals surface area contributed by atoms with E-state index in [0.717, 1.165) is 5.56 Å². The monoisotopic (exact) mass is 316 g/mol. The summed E-state index contributed by atoms with van der Waals surface area (Å²) in [5.41, 5.74) is 0.951. The average Bonchev–Trinajstić information content (AvgIpc) is 3.10. The lowest BCUT2D eigenvalue weighted by Gasteiger charge is -2.11. The van der Waals surface area contributed by atoms with Gasteiger partial charge in [0, 0.05) is 30.5 Å². The summed E-state index contributed by atoms with van der Waals surface area (Å²) >= 11 is 2.83. The fourth-order valence-electron chi connectivity index (χ4n) is 1.83. The summed E-state index contributed by atoms with van der Waals surface area (Å²) < 4.78 is 0. The topological polar surface area (TPSA) is 58.5 Å². The highest BCUT2D eigenvalue weighted by atomic mass is 32.2. The summed E-state index contributed by atoms with van der Waals surface area (Å²) in [5.74, 6) is -0.0189. The Morgan fingerprint density at radius 1 is 1.33 bits per heavy atom. The van der Waals surface area contributed by atoms with Gasteiger partial charge in [-0.1, -0.05) is 0 Å². The molecule has 0 unspecified atom stereocenters. The number of carbonyl (C=O) groups is 1. The zero-order valence-corrected chi connectivity index (χ0v) is 12.9. The molecule has 0 spiro atoms. The van der Waals surface area contributed by atoms with E-state index in [9.17, 15) is 4.79 Å². The first kappa shape index (κ1) is 14.0. The predicted octanol–water partition coefficient (Wildman–Crippen LogP) is 3.16. The number of amides is 1. The van der Waals surface area contributed by atoms with Crippen LogP contribution in [0.5, 0.6) is 0 Å². The smallest absolute Gasteiger partial charge is 0.266 e. The number of likely N-dealkylation sites (N-methyl/N-ethyl adjacent to an activating group) is 1. The molecule has 21 heavy (non-hydrogen) atoms. The number of thioether (sulfide) groups is 1. The van der Waals surface area contributed by atoms with Gasteiger partial charge in [0.05, 0.1) is 4.91 Å². The Labute approximate surface area is 130 Å². The third kappa shape index (κ3) is 3.03. The van der Waals surface area contributed by atoms with E-state index < -0.39 is 0 Å². The van der Waals surface area contributed by atoms with Gasteiger partial charge in [-0.15, -0.1) is 11.3 Å². The third-order valence-corrected chi connectivity index (χ3v) is 4.49. The van der Waals surface area contributed by atoms with Crippen LogP contribution in [0, 0.1) is 0 Å². The quantitative estimate of drug-likeness (QED) is 0.816. The van der Waals surface area contributed by atoms with Crippen molar-refractivity contribution in [2.45, 2.75) is 6.92 Å². The van der Waals surface area contributed by atoms with Crippen LogP contribution in [0.2, 0.25) is 0 Å². The van der Waals surface area contributed by atoms with Crippen molar-refractivity contribution in [1.82, 2.24) is 14.9 Å². The first-order chi connectivity index (χ1) is 10.3. The molecule has 7 heteroatoms. The Hall–Kier alpha value is -1.99. The van der Waals surface area contributed by atoms with Crippen molar-refractivity contribution in [3.63, 3.8) is 0 Å². The molecule has 0 atom stereocenters. The van der Waals surface area contributed by atoms with Gasteiger partial charge in [0.1, 0.15) is 0 Å². The molecule has 1 saturated heterocycles. The van der Waals surface area contributed by atoms with E-state index in [1.807, 2.05) is 30.5 Å². The number of hydrogen-bond donors (Lipinski definition) is 0. The van der Waals surface area contributed by atoms with Crippen LogP contribution in [0.1, 0.15) is 12.5 Å². The zero-order valence-electron chi connectivity index (χ0n) is 11.3. The van der Waals surface area contributed by atoms with E-state index in [1.54, 1.807) is 23.5 Å². The van der Waals surface area contributed by atoms with Gasteiger partial charge in [0.15, 0.2) is 5.17 Å². The predicted molar refractivity (Wildman–Crippen MR) is 86.4 cm³/mol. The Bertz CT molecular complexity index is 695. The molecule has 0 saturated carbocycles. The third-order valence-electron chi connectivity index (χ3n) is 2.82. The molecular weight excluding hydrogens is 304 g/mol. The summed E-state index contributed by atoms with van der Waals surface area (Å²) in [6.45, 7) is 2.52. The molecule has 2 aromatic heterocycles. The number of amidine groups is 1. The van der Waals surface area contributed by atoms with Gasteiger partial charge in [0.2, 0.25) is 5.13 Å². The zero-order chi connectivity index (χ0) is 14.7. The SMILES string of the molecule is CCN1C(=O)/C(=C/c2ccncc2)S/C1=N/c1nccs1. The molecule has 3 heterocycles. The van der Waals surface area contributed by atoms with Crippen LogP contribution in [-0.2, 0) is 4.79 Å². The number of rotatable bonds is 3. The van der Waals surface area contributed by atoms with E-state index in [-0.39, 0.29) is 5.91 Å². The maximum absolute atomic E-state index is 12.4. The highest BCUT2D eigenvalue weighted by molar-refractivity contribution is 8.18. The lowest BCUT2D eigenvalue weighted by atomic mass is 10.2. The van der Waals surface area contributed by atoms with Crippen molar-refractivity contribution in [1.29, 1.82) is 0 Å². The molecule has 5 nitrogen and oxygen atoms in total. The second-order valence-corrected chi connectivity index (χ2v) is 6.03. The summed E-state index contributed by atoms with van der Waals surface area (Å²) in [4.78, 5) is 27.3. The summed E-state index contributed by atoms with van der Waals surface area (Å²) in [7, 11) is 0. The molecule has 0 radical (unpaired) electrons. The van der Waals surface area contributed by atoms with Crippen molar-refractivity contribution in [3.8, 4) is 0 Å². The van der Waals surface area contributed by atoms with Crippen LogP contribution in [0.3, 0.4) is 0 Å².